The highest BCUT2D eigenvalue weighted by molar-refractivity contribution is 8.00. The van der Waals surface area contributed by atoms with Crippen LogP contribution in [0, 0.1) is 0 Å². The Balaban J connectivity index is 1.02. The SMILES string of the molecule is C1=CC(N2c3c(sc4ccccc34)C3Sc4ccccc4C32)CC=C1N(c1ccc(-c2ccccc2)cc1)c1cccc2c1oc1ccccc12. The largest absolute Gasteiger partial charge is 0.454 e. The van der Waals surface area contributed by atoms with Gasteiger partial charge in [0.1, 0.15) is 5.58 Å². The van der Waals surface area contributed by atoms with E-state index in [0.717, 1.165) is 45.4 Å². The standard InChI is InChI=1S/C46H32N2OS2/c1-2-11-29(12-3-1)30-21-23-31(24-22-30)47(38-17-10-16-35-34-13-4-7-18-39(34)49-44(35)38)32-25-27-33(28-26-32)48-42-36-14-5-8-19-40(36)50-45(42)46-43(48)37-15-6-9-20-41(37)51-46/h1-27,33,42,45H,28H2. The smallest absolute Gasteiger partial charge is 0.159 e. The molecule has 244 valence electrons. The van der Waals surface area contributed by atoms with Crippen molar-refractivity contribution in [2.24, 2.45) is 0 Å². The number of furan rings is 1. The molecule has 8 aromatic rings. The Kier molecular flexibility index (Phi) is 6.61. The first-order valence-electron chi connectivity index (χ1n) is 17.6. The predicted octanol–water partition coefficient (Wildman–Crippen LogP) is 13.2. The molecular weight excluding hydrogens is 661 g/mol. The molecule has 51 heavy (non-hydrogen) atoms. The number of hydrogen-bond donors (Lipinski definition) is 0. The van der Waals surface area contributed by atoms with E-state index in [4.69, 9.17) is 4.42 Å². The third kappa shape index (κ3) is 4.51. The molecule has 11 rings (SSSR count). The highest BCUT2D eigenvalue weighted by Gasteiger charge is 2.49. The van der Waals surface area contributed by atoms with E-state index in [-0.39, 0.29) is 6.04 Å². The van der Waals surface area contributed by atoms with E-state index in [1.165, 1.54) is 42.2 Å². The van der Waals surface area contributed by atoms with Crippen LogP contribution in [0.4, 0.5) is 17.1 Å². The van der Waals surface area contributed by atoms with Crippen LogP contribution >= 0.6 is 23.1 Å². The van der Waals surface area contributed by atoms with E-state index in [1.807, 2.05) is 29.2 Å². The molecule has 0 saturated carbocycles. The van der Waals surface area contributed by atoms with Crippen molar-refractivity contribution in [2.45, 2.75) is 28.6 Å². The van der Waals surface area contributed by atoms with Gasteiger partial charge in [0.2, 0.25) is 0 Å². The van der Waals surface area contributed by atoms with Gasteiger partial charge in [-0.3, -0.25) is 0 Å². The second-order valence-electron chi connectivity index (χ2n) is 13.5. The highest BCUT2D eigenvalue weighted by atomic mass is 32.2. The molecule has 4 heterocycles. The summed E-state index contributed by atoms with van der Waals surface area (Å²) >= 11 is 4.03. The van der Waals surface area contributed by atoms with Crippen molar-refractivity contribution < 1.29 is 4.42 Å². The third-order valence-electron chi connectivity index (χ3n) is 10.7. The Morgan fingerprint density at radius 1 is 0.667 bits per heavy atom. The molecule has 2 aliphatic heterocycles. The summed E-state index contributed by atoms with van der Waals surface area (Å²) in [4.78, 5) is 8.06. The summed E-state index contributed by atoms with van der Waals surface area (Å²) in [5.74, 6) is 0. The molecule has 3 nitrogen and oxygen atoms in total. The molecule has 0 amide bonds. The van der Waals surface area contributed by atoms with Crippen molar-refractivity contribution in [3.05, 3.63) is 180 Å². The number of thioether (sulfide) groups is 1. The van der Waals surface area contributed by atoms with E-state index >= 15 is 0 Å². The summed E-state index contributed by atoms with van der Waals surface area (Å²) in [7, 11) is 0. The van der Waals surface area contributed by atoms with Gasteiger partial charge in [-0.1, -0.05) is 121 Å². The zero-order chi connectivity index (χ0) is 33.5. The fourth-order valence-corrected chi connectivity index (χ4v) is 11.3. The summed E-state index contributed by atoms with van der Waals surface area (Å²) in [5, 5.41) is 4.06. The Morgan fingerprint density at radius 3 is 2.27 bits per heavy atom. The number of hydrogen-bond acceptors (Lipinski definition) is 5. The molecule has 0 fully saturated rings. The van der Waals surface area contributed by atoms with E-state index < -0.39 is 0 Å². The van der Waals surface area contributed by atoms with Gasteiger partial charge in [0.15, 0.2) is 5.58 Å². The Morgan fingerprint density at radius 2 is 1.41 bits per heavy atom. The van der Waals surface area contributed by atoms with Crippen molar-refractivity contribution in [3.8, 4) is 11.1 Å². The van der Waals surface area contributed by atoms with Crippen LogP contribution in [0.3, 0.4) is 0 Å². The first-order chi connectivity index (χ1) is 25.3. The van der Waals surface area contributed by atoms with Gasteiger partial charge in [-0.2, -0.15) is 0 Å². The molecule has 6 aromatic carbocycles. The first-order valence-corrected chi connectivity index (χ1v) is 19.3. The number of fused-ring (bicyclic) bond motifs is 10. The summed E-state index contributed by atoms with van der Waals surface area (Å²) in [5.41, 5.74) is 10.4. The molecule has 3 unspecified atom stereocenters. The predicted molar refractivity (Wildman–Crippen MR) is 215 cm³/mol. The first kappa shape index (κ1) is 29.3. The number of para-hydroxylation sites is 2. The van der Waals surface area contributed by atoms with Gasteiger partial charge in [-0.15, -0.1) is 23.1 Å². The lowest BCUT2D eigenvalue weighted by Gasteiger charge is -2.36. The van der Waals surface area contributed by atoms with Crippen LogP contribution in [0.15, 0.2) is 179 Å². The normalized spacial score (nSPS) is 19.0. The van der Waals surface area contributed by atoms with E-state index in [2.05, 4.69) is 168 Å². The Hall–Kier alpha value is -5.49. The highest BCUT2D eigenvalue weighted by Crippen LogP contribution is 2.66. The van der Waals surface area contributed by atoms with E-state index in [9.17, 15) is 0 Å². The maximum atomic E-state index is 6.62. The zero-order valence-electron chi connectivity index (χ0n) is 27.6. The maximum Gasteiger partial charge on any atom is 0.159 e. The maximum absolute atomic E-state index is 6.62. The average molecular weight is 693 g/mol. The van der Waals surface area contributed by atoms with Crippen molar-refractivity contribution >= 4 is 72.2 Å². The van der Waals surface area contributed by atoms with Crippen molar-refractivity contribution in [1.82, 2.24) is 0 Å². The summed E-state index contributed by atoms with van der Waals surface area (Å²) in [6.07, 6.45) is 8.13. The zero-order valence-corrected chi connectivity index (χ0v) is 29.3. The number of anilines is 3. The van der Waals surface area contributed by atoms with Gasteiger partial charge in [0, 0.05) is 42.0 Å². The molecule has 0 N–H and O–H groups in total. The van der Waals surface area contributed by atoms with Gasteiger partial charge in [0.05, 0.1) is 28.7 Å². The monoisotopic (exact) mass is 692 g/mol. The molecule has 0 radical (unpaired) electrons. The molecule has 3 atom stereocenters. The number of rotatable bonds is 5. The topological polar surface area (TPSA) is 19.6 Å². The van der Waals surface area contributed by atoms with Crippen LogP contribution in [0.5, 0.6) is 0 Å². The number of allylic oxidation sites excluding steroid dienone is 1. The second-order valence-corrected chi connectivity index (χ2v) is 15.8. The van der Waals surface area contributed by atoms with Crippen molar-refractivity contribution in [2.75, 3.05) is 9.80 Å². The molecule has 2 aromatic heterocycles. The lowest BCUT2D eigenvalue weighted by molar-refractivity contribution is 0.595. The van der Waals surface area contributed by atoms with Crippen LogP contribution in [0.25, 0.3) is 43.2 Å². The van der Waals surface area contributed by atoms with E-state index in [0.29, 0.717) is 11.3 Å². The minimum atomic E-state index is 0.233. The fraction of sp³-hybridized carbons (Fsp3) is 0.0870. The summed E-state index contributed by atoms with van der Waals surface area (Å²) < 4.78 is 8.00. The van der Waals surface area contributed by atoms with Crippen LogP contribution in [-0.2, 0) is 0 Å². The third-order valence-corrected chi connectivity index (χ3v) is 13.5. The average Bonchev–Trinajstić information content (AvgIpc) is 3.94. The molecule has 1 aliphatic carbocycles. The molecule has 0 bridgehead atoms. The summed E-state index contributed by atoms with van der Waals surface area (Å²) in [6.45, 7) is 0. The lowest BCUT2D eigenvalue weighted by atomic mass is 9.98. The van der Waals surface area contributed by atoms with Crippen LogP contribution < -0.4 is 9.80 Å². The van der Waals surface area contributed by atoms with Crippen molar-refractivity contribution in [1.29, 1.82) is 0 Å². The van der Waals surface area contributed by atoms with Gasteiger partial charge in [-0.25, -0.2) is 0 Å². The minimum absolute atomic E-state index is 0.233. The lowest BCUT2D eigenvalue weighted by Crippen LogP contribution is -2.36. The number of benzene rings is 6. The number of thiophene rings is 1. The Labute approximate surface area is 304 Å². The molecule has 0 spiro atoms. The van der Waals surface area contributed by atoms with Gasteiger partial charge < -0.3 is 14.2 Å². The summed E-state index contributed by atoms with van der Waals surface area (Å²) in [6, 6.07) is 53.0. The minimum Gasteiger partial charge on any atom is -0.454 e. The van der Waals surface area contributed by atoms with Gasteiger partial charge >= 0.3 is 0 Å². The molecule has 0 saturated heterocycles. The fourth-order valence-electron chi connectivity index (χ4n) is 8.45. The van der Waals surface area contributed by atoms with E-state index in [1.54, 1.807) is 0 Å². The number of nitrogens with zero attached hydrogens (tertiary/aromatic N) is 2. The van der Waals surface area contributed by atoms with Crippen LogP contribution in [0.2, 0.25) is 0 Å². The van der Waals surface area contributed by atoms with Gasteiger partial charge in [0.25, 0.3) is 0 Å². The van der Waals surface area contributed by atoms with Crippen molar-refractivity contribution in [3.63, 3.8) is 0 Å². The Bertz CT molecular complexity index is 2690. The van der Waals surface area contributed by atoms with Crippen LogP contribution in [0.1, 0.15) is 28.2 Å². The van der Waals surface area contributed by atoms with Gasteiger partial charge in [-0.05, 0) is 65.6 Å². The molecule has 5 heteroatoms. The quantitative estimate of drug-likeness (QED) is 0.179. The molecular formula is C46H32N2OS2. The molecule has 3 aliphatic rings. The van der Waals surface area contributed by atoms with Crippen LogP contribution in [-0.4, -0.2) is 6.04 Å². The second kappa shape index (κ2) is 11.5.